The third kappa shape index (κ3) is 969. The van der Waals surface area contributed by atoms with E-state index in [1.165, 1.54) is 0 Å². The van der Waals surface area contributed by atoms with Crippen molar-refractivity contribution in [3.05, 3.63) is 0 Å². The Hall–Kier alpha value is 0.734. The fourth-order valence-electron chi connectivity index (χ4n) is 0. The van der Waals surface area contributed by atoms with E-state index < -0.39 is 6.16 Å². The SMILES string of the molecule is O=C([O-])[O-].[Al+3].[Al+3].[Mn+2].[O-2].[O-2].[O-2]. The van der Waals surface area contributed by atoms with E-state index in [2.05, 4.69) is 0 Å². The van der Waals surface area contributed by atoms with Crippen LogP contribution in [0.25, 0.3) is 0 Å². The van der Waals surface area contributed by atoms with Gasteiger partial charge in [-0.25, -0.2) is 0 Å². The maximum absolute atomic E-state index is 8.33. The van der Waals surface area contributed by atoms with Gasteiger partial charge in [-0.3, -0.25) is 0 Å². The second-order valence-corrected chi connectivity index (χ2v) is 0.250. The fourth-order valence-corrected chi connectivity index (χ4v) is 0. The topological polar surface area (TPSA) is 149 Å². The van der Waals surface area contributed by atoms with E-state index in [9.17, 15) is 0 Å². The maximum atomic E-state index is 8.33. The third-order valence-corrected chi connectivity index (χ3v) is 0. The molecule has 10 heavy (non-hydrogen) atoms. The molecule has 0 fully saturated rings. The molecule has 0 aromatic carbocycles. The molecule has 0 aliphatic rings. The quantitative estimate of drug-likeness (QED) is 0.386. The Morgan fingerprint density at radius 2 is 0.900 bits per heavy atom. The van der Waals surface area contributed by atoms with Crippen molar-refractivity contribution in [3.63, 3.8) is 0 Å². The first-order valence-corrected chi connectivity index (χ1v) is 0.612. The molecule has 0 saturated carbocycles. The van der Waals surface area contributed by atoms with Crippen LogP contribution in [0.3, 0.4) is 0 Å². The molecule has 0 aromatic rings. The number of hydrogen-bond acceptors (Lipinski definition) is 3. The Bertz CT molecular complexity index is 38.7. The Labute approximate surface area is 89.3 Å². The maximum Gasteiger partial charge on any atom is 3.00 e. The Kier molecular flexibility index (Phi) is 388. The van der Waals surface area contributed by atoms with Gasteiger partial charge in [-0.2, -0.15) is 0 Å². The zero-order chi connectivity index (χ0) is 3.58. The van der Waals surface area contributed by atoms with E-state index in [4.69, 9.17) is 15.0 Å². The standard InChI is InChI=1S/CH2O3.2Al.Mn.3O/c2-1(3)4;;;;;;/h(H2,2,3,4);;;;;;/q;2*+3;+2;3*-2/p-2. The van der Waals surface area contributed by atoms with Crippen LogP contribution in [0.15, 0.2) is 0 Å². The second kappa shape index (κ2) is 53.3. The third-order valence-electron chi connectivity index (χ3n) is 0. The Morgan fingerprint density at radius 1 is 0.900 bits per heavy atom. The van der Waals surface area contributed by atoms with Crippen LogP contribution < -0.4 is 10.2 Å². The van der Waals surface area contributed by atoms with Crippen LogP contribution in [0.5, 0.6) is 0 Å². The molecule has 53 valence electrons. The first-order valence-electron chi connectivity index (χ1n) is 0.612. The molecule has 6 nitrogen and oxygen atoms in total. The van der Waals surface area contributed by atoms with Crippen molar-refractivity contribution in [2.75, 3.05) is 0 Å². The van der Waals surface area contributed by atoms with Crippen molar-refractivity contribution in [3.8, 4) is 0 Å². The van der Waals surface area contributed by atoms with Crippen LogP contribution in [0.2, 0.25) is 0 Å². The molecule has 9 heteroatoms. The number of carboxylic acid groups (broad SMARTS) is 2. The summed E-state index contributed by atoms with van der Waals surface area (Å²) in [6, 6.07) is 0. The molecule has 0 aliphatic heterocycles. The minimum absolute atomic E-state index is 0. The summed E-state index contributed by atoms with van der Waals surface area (Å²) in [5.41, 5.74) is 0. The van der Waals surface area contributed by atoms with Crippen LogP contribution in [0.1, 0.15) is 0 Å². The monoisotopic (exact) mass is 217 g/mol. The van der Waals surface area contributed by atoms with Gasteiger partial charge in [-0.05, 0) is 6.16 Å². The van der Waals surface area contributed by atoms with Crippen molar-refractivity contribution < 1.29 is 48.5 Å². The van der Waals surface area contributed by atoms with Crippen molar-refractivity contribution in [2.45, 2.75) is 0 Å². The Morgan fingerprint density at radius 3 is 0.900 bits per heavy atom. The summed E-state index contributed by atoms with van der Waals surface area (Å²) in [6.07, 6.45) is -2.33. The summed E-state index contributed by atoms with van der Waals surface area (Å²) in [7, 11) is 0. The molecular formula is CAl2MnO6. The van der Waals surface area contributed by atoms with Gasteiger partial charge in [-0.15, -0.1) is 0 Å². The molecule has 0 heterocycles. The summed E-state index contributed by atoms with van der Waals surface area (Å²) in [5.74, 6) is 0. The van der Waals surface area contributed by atoms with E-state index in [1.54, 1.807) is 0 Å². The summed E-state index contributed by atoms with van der Waals surface area (Å²) in [5, 5.41) is 16.7. The number of hydrogen-bond donors (Lipinski definition) is 0. The van der Waals surface area contributed by atoms with Crippen molar-refractivity contribution in [1.29, 1.82) is 0 Å². The average molecular weight is 217 g/mol. The van der Waals surface area contributed by atoms with Crippen LogP contribution >= 0.6 is 0 Å². The number of carbonyl (C=O) groups excluding carboxylic acids is 1. The summed E-state index contributed by atoms with van der Waals surface area (Å²) in [4.78, 5) is 8.33. The number of rotatable bonds is 0. The van der Waals surface area contributed by atoms with E-state index in [-0.39, 0.29) is 68.2 Å². The molecule has 0 bridgehead atoms. The molecule has 0 aromatic heterocycles. The van der Waals surface area contributed by atoms with Gasteiger partial charge in [0, 0.05) is 0 Å². The molecule has 0 rings (SSSR count). The van der Waals surface area contributed by atoms with Crippen molar-refractivity contribution in [2.24, 2.45) is 0 Å². The van der Waals surface area contributed by atoms with Gasteiger partial charge in [0.15, 0.2) is 0 Å². The fraction of sp³-hybridized carbons (Fsp3) is 0. The molecular weight excluding hydrogens is 217 g/mol. The first kappa shape index (κ1) is 72.9. The van der Waals surface area contributed by atoms with Crippen molar-refractivity contribution >= 4 is 40.9 Å². The summed E-state index contributed by atoms with van der Waals surface area (Å²) < 4.78 is 0. The van der Waals surface area contributed by atoms with Crippen LogP contribution in [-0.2, 0) is 33.5 Å². The molecule has 0 unspecified atom stereocenters. The van der Waals surface area contributed by atoms with Gasteiger partial charge in [0.25, 0.3) is 0 Å². The van der Waals surface area contributed by atoms with Crippen molar-refractivity contribution in [1.82, 2.24) is 0 Å². The minimum atomic E-state index is -2.33. The van der Waals surface area contributed by atoms with Gasteiger partial charge >= 0.3 is 51.8 Å². The van der Waals surface area contributed by atoms with E-state index >= 15 is 0 Å². The second-order valence-electron chi connectivity index (χ2n) is 0.250. The molecule has 0 N–H and O–H groups in total. The molecule has 0 amide bonds. The first-order chi connectivity index (χ1) is 1.73. The molecule has 1 radical (unpaired) electrons. The smallest absolute Gasteiger partial charge is 2.00 e. The number of carbonyl (C=O) groups is 1. The van der Waals surface area contributed by atoms with Crippen LogP contribution in [0.4, 0.5) is 4.79 Å². The normalized spacial score (nSPS) is 2.40. The van der Waals surface area contributed by atoms with E-state index in [1.807, 2.05) is 0 Å². The zero-order valence-electron chi connectivity index (χ0n) is 4.48. The largest absolute Gasteiger partial charge is 3.00 e. The predicted molar refractivity (Wildman–Crippen MR) is 19.0 cm³/mol. The molecule has 0 saturated heterocycles. The van der Waals surface area contributed by atoms with Crippen LogP contribution in [-0.4, -0.2) is 40.9 Å². The predicted octanol–water partition coefficient (Wildman–Crippen LogP) is -3.57. The molecule has 0 spiro atoms. The van der Waals surface area contributed by atoms with Gasteiger partial charge in [0.1, 0.15) is 0 Å². The molecule has 0 aliphatic carbocycles. The average Bonchev–Trinajstić information content (AvgIpc) is 0.811. The van der Waals surface area contributed by atoms with E-state index in [0.717, 1.165) is 0 Å². The van der Waals surface area contributed by atoms with E-state index in [0.29, 0.717) is 0 Å². The molecule has 0 atom stereocenters. The summed E-state index contributed by atoms with van der Waals surface area (Å²) >= 11 is 0. The van der Waals surface area contributed by atoms with Gasteiger partial charge < -0.3 is 31.4 Å². The zero-order valence-corrected chi connectivity index (χ0v) is 7.97. The summed E-state index contributed by atoms with van der Waals surface area (Å²) in [6.45, 7) is 0. The minimum Gasteiger partial charge on any atom is -2.00 e. The van der Waals surface area contributed by atoms with Gasteiger partial charge in [-0.1, -0.05) is 0 Å². The van der Waals surface area contributed by atoms with Crippen LogP contribution in [0, 0.1) is 0 Å². The van der Waals surface area contributed by atoms with Gasteiger partial charge in [0.05, 0.1) is 0 Å². The van der Waals surface area contributed by atoms with Gasteiger partial charge in [0.2, 0.25) is 0 Å². The Balaban J connectivity index is -0.00000000300.